The molecule has 1 amide bonds. The summed E-state index contributed by atoms with van der Waals surface area (Å²) < 4.78 is 7.00. The molecule has 9 nitrogen and oxygen atoms in total. The van der Waals surface area contributed by atoms with Gasteiger partial charge >= 0.3 is 0 Å². The zero-order valence-electron chi connectivity index (χ0n) is 16.5. The standard InChI is InChI=1S/C19H25N7O2/c1-4-24(5-2)11-14-9-20-17-15(10-21-26(17)12-14)19(27)25-8-6-7-16(25)18-22-13(3)23-28-18/h9-10,12,16H,4-8,11H2,1-3H3/t16-/m0/s1. The molecule has 1 fully saturated rings. The number of aromatic nitrogens is 5. The van der Waals surface area contributed by atoms with E-state index in [4.69, 9.17) is 4.52 Å². The molecule has 4 heterocycles. The van der Waals surface area contributed by atoms with Gasteiger partial charge in [0, 0.05) is 31.0 Å². The van der Waals surface area contributed by atoms with Crippen LogP contribution in [-0.4, -0.2) is 60.1 Å². The van der Waals surface area contributed by atoms with Crippen molar-refractivity contribution in [2.45, 2.75) is 46.2 Å². The molecule has 0 bridgehead atoms. The molecular formula is C19H25N7O2. The quantitative estimate of drug-likeness (QED) is 0.644. The summed E-state index contributed by atoms with van der Waals surface area (Å²) in [5.74, 6) is 0.972. The maximum atomic E-state index is 13.2. The third-order valence-corrected chi connectivity index (χ3v) is 5.28. The van der Waals surface area contributed by atoms with E-state index in [0.29, 0.717) is 29.5 Å². The molecule has 1 aliphatic heterocycles. The fourth-order valence-electron chi connectivity index (χ4n) is 3.72. The van der Waals surface area contributed by atoms with E-state index >= 15 is 0 Å². The second-order valence-electron chi connectivity index (χ2n) is 7.09. The fraction of sp³-hybridized carbons (Fsp3) is 0.526. The monoisotopic (exact) mass is 383 g/mol. The van der Waals surface area contributed by atoms with Gasteiger partial charge in [0.05, 0.1) is 6.20 Å². The van der Waals surface area contributed by atoms with E-state index in [2.05, 4.69) is 39.0 Å². The van der Waals surface area contributed by atoms with Gasteiger partial charge in [-0.2, -0.15) is 10.1 Å². The number of rotatable bonds is 6. The van der Waals surface area contributed by atoms with Crippen LogP contribution in [0.5, 0.6) is 0 Å². The van der Waals surface area contributed by atoms with Crippen LogP contribution in [0, 0.1) is 6.92 Å². The molecule has 0 aromatic carbocycles. The molecule has 1 aliphatic rings. The summed E-state index contributed by atoms with van der Waals surface area (Å²) in [5, 5.41) is 8.23. The molecule has 148 valence electrons. The van der Waals surface area contributed by atoms with E-state index in [1.165, 1.54) is 0 Å². The lowest BCUT2D eigenvalue weighted by atomic mass is 10.2. The van der Waals surface area contributed by atoms with E-state index in [1.54, 1.807) is 22.5 Å². The summed E-state index contributed by atoms with van der Waals surface area (Å²) >= 11 is 0. The summed E-state index contributed by atoms with van der Waals surface area (Å²) in [6.07, 6.45) is 7.09. The SMILES string of the molecule is CCN(CC)Cc1cnc2c(C(=O)N3CCC[C@H]3c3nc(C)no3)cnn2c1. The molecule has 0 saturated carbocycles. The first kappa shape index (κ1) is 18.5. The van der Waals surface area contributed by atoms with Crippen molar-refractivity contribution in [2.75, 3.05) is 19.6 Å². The molecule has 0 spiro atoms. The second kappa shape index (κ2) is 7.67. The molecule has 4 rings (SSSR count). The van der Waals surface area contributed by atoms with Crippen LogP contribution in [-0.2, 0) is 6.54 Å². The Morgan fingerprint density at radius 2 is 2.14 bits per heavy atom. The van der Waals surface area contributed by atoms with Crippen LogP contribution in [0.25, 0.3) is 5.65 Å². The summed E-state index contributed by atoms with van der Waals surface area (Å²) in [4.78, 5) is 26.1. The van der Waals surface area contributed by atoms with Crippen LogP contribution >= 0.6 is 0 Å². The van der Waals surface area contributed by atoms with E-state index < -0.39 is 0 Å². The molecule has 3 aromatic rings. The Hall–Kier alpha value is -2.81. The van der Waals surface area contributed by atoms with Gasteiger partial charge in [-0.05, 0) is 32.9 Å². The normalized spacial score (nSPS) is 17.1. The van der Waals surface area contributed by atoms with Crippen LogP contribution < -0.4 is 0 Å². The number of aryl methyl sites for hydroxylation is 1. The summed E-state index contributed by atoms with van der Waals surface area (Å²) in [6, 6.07) is -0.189. The maximum Gasteiger partial charge on any atom is 0.260 e. The first-order valence-electron chi connectivity index (χ1n) is 9.76. The van der Waals surface area contributed by atoms with Crippen LogP contribution in [0.2, 0.25) is 0 Å². The predicted molar refractivity (Wildman–Crippen MR) is 102 cm³/mol. The highest BCUT2D eigenvalue weighted by molar-refractivity contribution is 5.99. The van der Waals surface area contributed by atoms with Crippen LogP contribution in [0.15, 0.2) is 23.1 Å². The first-order chi connectivity index (χ1) is 13.6. The molecule has 0 radical (unpaired) electrons. The second-order valence-corrected chi connectivity index (χ2v) is 7.09. The summed E-state index contributed by atoms with van der Waals surface area (Å²) in [7, 11) is 0. The average Bonchev–Trinajstić information content (AvgIpc) is 3.44. The molecule has 3 aromatic heterocycles. The van der Waals surface area contributed by atoms with Gasteiger partial charge in [-0.25, -0.2) is 9.50 Å². The number of amides is 1. The van der Waals surface area contributed by atoms with E-state index in [9.17, 15) is 4.79 Å². The summed E-state index contributed by atoms with van der Waals surface area (Å²) in [6.45, 7) is 9.46. The first-order valence-corrected chi connectivity index (χ1v) is 9.76. The zero-order valence-corrected chi connectivity index (χ0v) is 16.5. The van der Waals surface area contributed by atoms with Crippen LogP contribution in [0.3, 0.4) is 0 Å². The molecule has 1 saturated heterocycles. The third kappa shape index (κ3) is 3.37. The highest BCUT2D eigenvalue weighted by atomic mass is 16.5. The van der Waals surface area contributed by atoms with Gasteiger partial charge in [-0.15, -0.1) is 0 Å². The Morgan fingerprint density at radius 1 is 1.32 bits per heavy atom. The zero-order chi connectivity index (χ0) is 19.7. The number of fused-ring (bicyclic) bond motifs is 1. The Balaban J connectivity index is 1.59. The number of hydrogen-bond acceptors (Lipinski definition) is 7. The third-order valence-electron chi connectivity index (χ3n) is 5.28. The molecule has 0 N–H and O–H groups in total. The number of hydrogen-bond donors (Lipinski definition) is 0. The topological polar surface area (TPSA) is 92.7 Å². The Kier molecular flexibility index (Phi) is 5.08. The lowest BCUT2D eigenvalue weighted by molar-refractivity contribution is 0.0712. The highest BCUT2D eigenvalue weighted by Gasteiger charge is 2.35. The van der Waals surface area contributed by atoms with Crippen molar-refractivity contribution in [3.8, 4) is 0 Å². The number of carbonyl (C=O) groups is 1. The molecule has 9 heteroatoms. The Morgan fingerprint density at radius 3 is 2.86 bits per heavy atom. The Bertz CT molecular complexity index is 976. The van der Waals surface area contributed by atoms with E-state index in [-0.39, 0.29) is 11.9 Å². The molecule has 1 atom stereocenters. The van der Waals surface area contributed by atoms with Crippen molar-refractivity contribution in [3.63, 3.8) is 0 Å². The van der Waals surface area contributed by atoms with Gasteiger partial charge in [0.25, 0.3) is 5.91 Å². The van der Waals surface area contributed by atoms with Gasteiger partial charge < -0.3 is 9.42 Å². The van der Waals surface area contributed by atoms with E-state index in [0.717, 1.165) is 38.0 Å². The molecule has 28 heavy (non-hydrogen) atoms. The maximum absolute atomic E-state index is 13.2. The average molecular weight is 383 g/mol. The fourth-order valence-corrected chi connectivity index (χ4v) is 3.72. The van der Waals surface area contributed by atoms with Crippen molar-refractivity contribution in [2.24, 2.45) is 0 Å². The van der Waals surface area contributed by atoms with Gasteiger partial charge in [-0.1, -0.05) is 19.0 Å². The van der Waals surface area contributed by atoms with Crippen LogP contribution in [0.4, 0.5) is 0 Å². The lowest BCUT2D eigenvalue weighted by Crippen LogP contribution is -2.30. The highest BCUT2D eigenvalue weighted by Crippen LogP contribution is 2.32. The van der Waals surface area contributed by atoms with Gasteiger partial charge in [0.2, 0.25) is 5.89 Å². The van der Waals surface area contributed by atoms with Crippen molar-refractivity contribution in [1.29, 1.82) is 0 Å². The van der Waals surface area contributed by atoms with Crippen molar-refractivity contribution >= 4 is 11.6 Å². The number of carbonyl (C=O) groups excluding carboxylic acids is 1. The number of likely N-dealkylation sites (tertiary alicyclic amines) is 1. The van der Waals surface area contributed by atoms with Gasteiger partial charge in [-0.3, -0.25) is 9.69 Å². The Labute approximate surface area is 163 Å². The largest absolute Gasteiger partial charge is 0.337 e. The minimum atomic E-state index is -0.189. The molecular weight excluding hydrogens is 358 g/mol. The minimum Gasteiger partial charge on any atom is -0.337 e. The van der Waals surface area contributed by atoms with Gasteiger partial charge in [0.1, 0.15) is 11.6 Å². The minimum absolute atomic E-state index is 0.0997. The molecule has 0 unspecified atom stereocenters. The lowest BCUT2D eigenvalue weighted by Gasteiger charge is -2.21. The predicted octanol–water partition coefficient (Wildman–Crippen LogP) is 2.24. The van der Waals surface area contributed by atoms with Gasteiger partial charge in [0.15, 0.2) is 11.5 Å². The van der Waals surface area contributed by atoms with Crippen molar-refractivity contribution in [3.05, 3.63) is 41.4 Å². The van der Waals surface area contributed by atoms with Crippen molar-refractivity contribution in [1.82, 2.24) is 34.5 Å². The number of nitrogens with zero attached hydrogens (tertiary/aromatic N) is 7. The molecule has 0 aliphatic carbocycles. The summed E-state index contributed by atoms with van der Waals surface area (Å²) in [5.41, 5.74) is 2.14. The van der Waals surface area contributed by atoms with E-state index in [1.807, 2.05) is 12.4 Å². The van der Waals surface area contributed by atoms with Crippen molar-refractivity contribution < 1.29 is 9.32 Å². The van der Waals surface area contributed by atoms with Crippen LogP contribution in [0.1, 0.15) is 60.4 Å². The smallest absolute Gasteiger partial charge is 0.260 e.